The van der Waals surface area contributed by atoms with Gasteiger partial charge in [-0.15, -0.1) is 0 Å². The first-order valence-corrected chi connectivity index (χ1v) is 13.3. The summed E-state index contributed by atoms with van der Waals surface area (Å²) >= 11 is 0. The van der Waals surface area contributed by atoms with E-state index in [1.807, 2.05) is 6.92 Å². The molecule has 0 radical (unpaired) electrons. The van der Waals surface area contributed by atoms with Crippen LogP contribution in [0.1, 0.15) is 85.9 Å². The van der Waals surface area contributed by atoms with Gasteiger partial charge in [-0.05, 0) is 80.3 Å². The Labute approximate surface area is 225 Å². The minimum absolute atomic E-state index is 0.0258. The third kappa shape index (κ3) is 6.27. The van der Waals surface area contributed by atoms with Crippen molar-refractivity contribution in [2.45, 2.75) is 70.5 Å². The molecular weight excluding hydrogens is 512 g/mol. The molecule has 0 bridgehead atoms. The van der Waals surface area contributed by atoms with Crippen molar-refractivity contribution in [2.24, 2.45) is 0 Å². The lowest BCUT2D eigenvalue weighted by molar-refractivity contribution is 0.0194. The normalized spacial score (nSPS) is 18.0. The van der Waals surface area contributed by atoms with Gasteiger partial charge in [0, 0.05) is 11.1 Å². The van der Waals surface area contributed by atoms with E-state index < -0.39 is 35.3 Å². The highest BCUT2D eigenvalue weighted by Gasteiger charge is 2.29. The predicted octanol–water partition coefficient (Wildman–Crippen LogP) is 8.03. The lowest BCUT2D eigenvalue weighted by Crippen LogP contribution is -2.24. The Morgan fingerprint density at radius 3 is 2.21 bits per heavy atom. The average molecular weight is 545 g/mol. The molecule has 0 aliphatic heterocycles. The number of aliphatic hydroxyl groups is 1. The van der Waals surface area contributed by atoms with E-state index in [-0.39, 0.29) is 46.6 Å². The quantitative estimate of drug-likeness (QED) is 0.219. The van der Waals surface area contributed by atoms with Crippen molar-refractivity contribution in [1.29, 1.82) is 0 Å². The fraction of sp³-hybridized carbons (Fsp3) is 0.387. The second-order valence-electron chi connectivity index (χ2n) is 9.80. The van der Waals surface area contributed by atoms with Crippen LogP contribution in [-0.4, -0.2) is 23.8 Å². The Hall–Kier alpha value is -3.39. The average Bonchev–Trinajstić information content (AvgIpc) is 2.94. The fourth-order valence-corrected chi connectivity index (χ4v) is 5.10. The molecule has 3 aromatic rings. The maximum absolute atomic E-state index is 14.8. The van der Waals surface area contributed by atoms with Gasteiger partial charge in [0.15, 0.2) is 23.2 Å². The molecule has 0 heterocycles. The fourth-order valence-electron chi connectivity index (χ4n) is 5.10. The van der Waals surface area contributed by atoms with E-state index in [0.717, 1.165) is 0 Å². The van der Waals surface area contributed by atoms with Crippen molar-refractivity contribution in [1.82, 2.24) is 0 Å². The van der Waals surface area contributed by atoms with E-state index in [4.69, 9.17) is 9.47 Å². The molecule has 1 aliphatic carbocycles. The van der Waals surface area contributed by atoms with Gasteiger partial charge in [0.05, 0.1) is 18.3 Å². The van der Waals surface area contributed by atoms with Gasteiger partial charge >= 0.3 is 5.97 Å². The Kier molecular flexibility index (Phi) is 9.28. The van der Waals surface area contributed by atoms with Crippen molar-refractivity contribution in [3.05, 3.63) is 88.5 Å². The topological polar surface area (TPSA) is 55.8 Å². The van der Waals surface area contributed by atoms with Gasteiger partial charge in [-0.3, -0.25) is 0 Å². The standard InChI is InChI=1S/C31H32F4O4/c1-3-5-25(36)24-15-14-22(27(32)29(24)34)19-10-12-21(13-11-19)39-31(37)20-8-6-18(7-9-20)23-16-17-26(38-4-2)30(35)28(23)33/h6-9,14-17,19,21,25,36H,3-5,10-13H2,1-2H3. The van der Waals surface area contributed by atoms with Crippen molar-refractivity contribution >= 4 is 5.97 Å². The van der Waals surface area contributed by atoms with Crippen LogP contribution in [0, 0.1) is 23.3 Å². The monoisotopic (exact) mass is 544 g/mol. The zero-order valence-electron chi connectivity index (χ0n) is 22.0. The summed E-state index contributed by atoms with van der Waals surface area (Å²) in [6, 6.07) is 11.8. The van der Waals surface area contributed by atoms with Crippen LogP contribution < -0.4 is 4.74 Å². The maximum atomic E-state index is 14.8. The summed E-state index contributed by atoms with van der Waals surface area (Å²) in [6.07, 6.45) is 1.62. The van der Waals surface area contributed by atoms with Gasteiger partial charge in [0.2, 0.25) is 5.82 Å². The number of rotatable bonds is 9. The van der Waals surface area contributed by atoms with Crippen LogP contribution >= 0.6 is 0 Å². The molecule has 1 aliphatic rings. The Morgan fingerprint density at radius 2 is 1.56 bits per heavy atom. The number of ether oxygens (including phenoxy) is 2. The van der Waals surface area contributed by atoms with Crippen LogP contribution in [0.3, 0.4) is 0 Å². The summed E-state index contributed by atoms with van der Waals surface area (Å²) in [5.41, 5.74) is 0.960. The van der Waals surface area contributed by atoms with Gasteiger partial charge in [-0.2, -0.15) is 4.39 Å². The summed E-state index contributed by atoms with van der Waals surface area (Å²) in [4.78, 5) is 12.7. The van der Waals surface area contributed by atoms with Gasteiger partial charge < -0.3 is 14.6 Å². The van der Waals surface area contributed by atoms with Crippen LogP contribution in [0.25, 0.3) is 11.1 Å². The second-order valence-corrected chi connectivity index (χ2v) is 9.80. The summed E-state index contributed by atoms with van der Waals surface area (Å²) in [7, 11) is 0. The second kappa shape index (κ2) is 12.6. The molecule has 1 saturated carbocycles. The van der Waals surface area contributed by atoms with Gasteiger partial charge in [0.1, 0.15) is 6.10 Å². The van der Waals surface area contributed by atoms with Crippen LogP contribution in [0.15, 0.2) is 48.5 Å². The zero-order chi connectivity index (χ0) is 28.1. The van der Waals surface area contributed by atoms with E-state index in [0.29, 0.717) is 44.1 Å². The third-order valence-corrected chi connectivity index (χ3v) is 7.23. The molecule has 4 rings (SSSR count). The van der Waals surface area contributed by atoms with Crippen LogP contribution in [0.4, 0.5) is 17.6 Å². The Bertz CT molecular complexity index is 1300. The number of hydrogen-bond acceptors (Lipinski definition) is 4. The van der Waals surface area contributed by atoms with Crippen molar-refractivity contribution in [3.8, 4) is 16.9 Å². The van der Waals surface area contributed by atoms with E-state index in [1.165, 1.54) is 42.5 Å². The summed E-state index contributed by atoms with van der Waals surface area (Å²) < 4.78 is 68.9. The first-order chi connectivity index (χ1) is 18.7. The molecule has 0 saturated heterocycles. The van der Waals surface area contributed by atoms with Gasteiger partial charge in [-0.1, -0.05) is 37.6 Å². The Balaban J connectivity index is 1.36. The molecule has 3 aromatic carbocycles. The molecule has 1 unspecified atom stereocenters. The molecule has 208 valence electrons. The maximum Gasteiger partial charge on any atom is 0.338 e. The smallest absolute Gasteiger partial charge is 0.338 e. The number of benzene rings is 3. The molecule has 0 spiro atoms. The van der Waals surface area contributed by atoms with E-state index in [1.54, 1.807) is 13.0 Å². The summed E-state index contributed by atoms with van der Waals surface area (Å²) in [5.74, 6) is -4.95. The van der Waals surface area contributed by atoms with Crippen LogP contribution in [0.5, 0.6) is 5.75 Å². The highest BCUT2D eigenvalue weighted by atomic mass is 19.2. The number of hydrogen-bond donors (Lipinski definition) is 1. The minimum atomic E-state index is -1.07. The van der Waals surface area contributed by atoms with Gasteiger partial charge in [-0.25, -0.2) is 18.0 Å². The SMILES string of the molecule is CCCC(O)c1ccc(C2CCC(OC(=O)c3ccc(-c4ccc(OCC)c(F)c4F)cc3)CC2)c(F)c1F. The Morgan fingerprint density at radius 1 is 0.872 bits per heavy atom. The van der Waals surface area contributed by atoms with Crippen LogP contribution in [0.2, 0.25) is 0 Å². The highest BCUT2D eigenvalue weighted by Crippen LogP contribution is 2.38. The van der Waals surface area contributed by atoms with Crippen molar-refractivity contribution in [2.75, 3.05) is 6.61 Å². The number of carbonyl (C=O) groups is 1. The summed E-state index contributed by atoms with van der Waals surface area (Å²) in [5, 5.41) is 10.1. The number of esters is 1. The number of aliphatic hydroxyl groups excluding tert-OH is 1. The molecule has 1 fully saturated rings. The summed E-state index contributed by atoms with van der Waals surface area (Å²) in [6.45, 7) is 3.75. The number of carbonyl (C=O) groups excluding carboxylic acids is 1. The molecule has 1 atom stereocenters. The molecule has 0 amide bonds. The lowest BCUT2D eigenvalue weighted by atomic mass is 9.82. The first kappa shape index (κ1) is 28.6. The molecule has 0 aromatic heterocycles. The van der Waals surface area contributed by atoms with Gasteiger partial charge in [0.25, 0.3) is 0 Å². The van der Waals surface area contributed by atoms with E-state index in [9.17, 15) is 27.5 Å². The zero-order valence-corrected chi connectivity index (χ0v) is 22.0. The first-order valence-electron chi connectivity index (χ1n) is 13.3. The molecule has 1 N–H and O–H groups in total. The van der Waals surface area contributed by atoms with Crippen molar-refractivity contribution < 1.29 is 36.9 Å². The lowest BCUT2D eigenvalue weighted by Gasteiger charge is -2.29. The van der Waals surface area contributed by atoms with Crippen LogP contribution in [-0.2, 0) is 4.74 Å². The molecule has 4 nitrogen and oxygen atoms in total. The van der Waals surface area contributed by atoms with E-state index in [2.05, 4.69) is 0 Å². The molecule has 39 heavy (non-hydrogen) atoms. The molecule has 8 heteroatoms. The minimum Gasteiger partial charge on any atom is -0.491 e. The highest BCUT2D eigenvalue weighted by molar-refractivity contribution is 5.90. The largest absolute Gasteiger partial charge is 0.491 e. The predicted molar refractivity (Wildman–Crippen MR) is 140 cm³/mol. The third-order valence-electron chi connectivity index (χ3n) is 7.23. The number of halogens is 4. The van der Waals surface area contributed by atoms with Crippen molar-refractivity contribution in [3.63, 3.8) is 0 Å². The van der Waals surface area contributed by atoms with E-state index >= 15 is 0 Å². The molecular formula is C31H32F4O4.